The first-order valence-corrected chi connectivity index (χ1v) is 8.41. The Morgan fingerprint density at radius 1 is 1.32 bits per heavy atom. The second-order valence-corrected chi connectivity index (χ2v) is 6.64. The summed E-state index contributed by atoms with van der Waals surface area (Å²) in [6.45, 7) is 0. The molecule has 0 aliphatic heterocycles. The van der Waals surface area contributed by atoms with Gasteiger partial charge in [0.15, 0.2) is 0 Å². The molecule has 6 nitrogen and oxygen atoms in total. The van der Waals surface area contributed by atoms with Crippen LogP contribution >= 0.6 is 11.3 Å². The van der Waals surface area contributed by atoms with Crippen LogP contribution < -0.4 is 4.74 Å². The molecule has 7 heteroatoms. The van der Waals surface area contributed by atoms with Gasteiger partial charge in [-0.15, -0.1) is 0 Å². The maximum Gasteiger partial charge on any atom is 0.270 e. The zero-order valence-electron chi connectivity index (χ0n) is 13.3. The fourth-order valence-corrected chi connectivity index (χ4v) is 3.76. The molecule has 0 unspecified atom stereocenters. The standard InChI is InChI=1S/C18H13N3O3S/c1-24-14-5-6-15-12(8-14)9-16-17(15)20-18(25-16)19-10-11-3-2-4-13(7-11)21(22)23/h2-8,10H,9H2,1H3. The minimum absolute atomic E-state index is 0.0495. The maximum atomic E-state index is 10.8. The third-order valence-corrected chi connectivity index (χ3v) is 4.97. The molecule has 0 radical (unpaired) electrons. The number of rotatable bonds is 4. The molecular formula is C18H13N3O3S. The van der Waals surface area contributed by atoms with E-state index in [1.807, 2.05) is 18.2 Å². The van der Waals surface area contributed by atoms with Gasteiger partial charge in [0.25, 0.3) is 5.69 Å². The van der Waals surface area contributed by atoms with Crippen LogP contribution in [0.4, 0.5) is 10.8 Å². The Kier molecular flexibility index (Phi) is 3.77. The smallest absolute Gasteiger partial charge is 0.270 e. The molecule has 2 aromatic carbocycles. The lowest BCUT2D eigenvalue weighted by Crippen LogP contribution is -1.89. The lowest BCUT2D eigenvalue weighted by atomic mass is 10.1. The minimum Gasteiger partial charge on any atom is -0.497 e. The van der Waals surface area contributed by atoms with Gasteiger partial charge in [0.2, 0.25) is 5.13 Å². The molecule has 0 bridgehead atoms. The molecule has 0 spiro atoms. The summed E-state index contributed by atoms with van der Waals surface area (Å²) in [7, 11) is 1.66. The van der Waals surface area contributed by atoms with E-state index in [4.69, 9.17) is 4.74 Å². The molecule has 0 atom stereocenters. The van der Waals surface area contributed by atoms with Crippen molar-refractivity contribution in [1.29, 1.82) is 0 Å². The number of benzene rings is 2. The van der Waals surface area contributed by atoms with Crippen LogP contribution in [0.2, 0.25) is 0 Å². The number of hydrogen-bond acceptors (Lipinski definition) is 6. The van der Waals surface area contributed by atoms with Gasteiger partial charge >= 0.3 is 0 Å². The minimum atomic E-state index is -0.416. The van der Waals surface area contributed by atoms with Gasteiger partial charge in [0.1, 0.15) is 5.75 Å². The summed E-state index contributed by atoms with van der Waals surface area (Å²) in [5.41, 5.74) is 4.02. The Balaban J connectivity index is 1.60. The highest BCUT2D eigenvalue weighted by Gasteiger charge is 2.23. The van der Waals surface area contributed by atoms with Crippen LogP contribution in [0.1, 0.15) is 16.0 Å². The Bertz CT molecular complexity index is 1010. The van der Waals surface area contributed by atoms with E-state index in [0.29, 0.717) is 10.7 Å². The summed E-state index contributed by atoms with van der Waals surface area (Å²) in [4.78, 5) is 20.6. The molecule has 0 saturated heterocycles. The second kappa shape index (κ2) is 6.10. The van der Waals surface area contributed by atoms with Crippen molar-refractivity contribution in [2.24, 2.45) is 4.99 Å². The molecule has 0 amide bonds. The van der Waals surface area contributed by atoms with E-state index in [1.165, 1.54) is 33.9 Å². The summed E-state index contributed by atoms with van der Waals surface area (Å²) in [6.07, 6.45) is 2.43. The van der Waals surface area contributed by atoms with E-state index in [0.717, 1.165) is 23.4 Å². The predicted octanol–water partition coefficient (Wildman–Crippen LogP) is 4.38. The largest absolute Gasteiger partial charge is 0.497 e. The van der Waals surface area contributed by atoms with Gasteiger partial charge in [-0.05, 0) is 29.3 Å². The fourth-order valence-electron chi connectivity index (χ4n) is 2.82. The first kappa shape index (κ1) is 15.5. The van der Waals surface area contributed by atoms with E-state index in [-0.39, 0.29) is 5.69 Å². The molecule has 1 aromatic heterocycles. The third kappa shape index (κ3) is 2.89. The van der Waals surface area contributed by atoms with E-state index in [9.17, 15) is 10.1 Å². The zero-order valence-corrected chi connectivity index (χ0v) is 14.1. The van der Waals surface area contributed by atoms with E-state index >= 15 is 0 Å². The zero-order chi connectivity index (χ0) is 17.4. The average Bonchev–Trinajstić information content (AvgIpc) is 3.16. The number of nitrogens with zero attached hydrogens (tertiary/aromatic N) is 3. The number of hydrogen-bond donors (Lipinski definition) is 0. The molecule has 0 saturated carbocycles. The molecule has 4 rings (SSSR count). The van der Waals surface area contributed by atoms with Crippen molar-refractivity contribution in [2.75, 3.05) is 7.11 Å². The van der Waals surface area contributed by atoms with E-state index < -0.39 is 4.92 Å². The van der Waals surface area contributed by atoms with Crippen molar-refractivity contribution in [3.8, 4) is 17.0 Å². The molecule has 1 heterocycles. The number of nitro benzene ring substituents is 1. The number of methoxy groups -OCH3 is 1. The highest BCUT2D eigenvalue weighted by atomic mass is 32.1. The predicted molar refractivity (Wildman–Crippen MR) is 97.3 cm³/mol. The first-order valence-electron chi connectivity index (χ1n) is 7.59. The quantitative estimate of drug-likeness (QED) is 0.310. The van der Waals surface area contributed by atoms with Crippen LogP contribution in [-0.2, 0) is 6.42 Å². The summed E-state index contributed by atoms with van der Waals surface area (Å²) in [5.74, 6) is 0.845. The highest BCUT2D eigenvalue weighted by Crippen LogP contribution is 2.42. The molecule has 1 aliphatic carbocycles. The Hall–Kier alpha value is -3.06. The molecule has 0 fully saturated rings. The van der Waals surface area contributed by atoms with Gasteiger partial charge < -0.3 is 4.74 Å². The van der Waals surface area contributed by atoms with Gasteiger partial charge in [-0.3, -0.25) is 10.1 Å². The molecule has 3 aromatic rings. The highest BCUT2D eigenvalue weighted by molar-refractivity contribution is 7.15. The Morgan fingerprint density at radius 3 is 3.00 bits per heavy atom. The SMILES string of the molecule is COc1ccc2c(c1)Cc1sc(N=Cc3cccc([N+](=O)[O-])c3)nc1-2. The summed E-state index contributed by atoms with van der Waals surface area (Å²) in [5, 5.41) is 11.5. The number of ether oxygens (including phenoxy) is 1. The van der Waals surface area contributed by atoms with Crippen LogP contribution in [0.5, 0.6) is 5.75 Å². The van der Waals surface area contributed by atoms with E-state index in [1.54, 1.807) is 25.5 Å². The molecule has 0 N–H and O–H groups in total. The molecular weight excluding hydrogens is 338 g/mol. The Labute approximate surface area is 147 Å². The number of aromatic nitrogens is 1. The van der Waals surface area contributed by atoms with Gasteiger partial charge in [0, 0.05) is 35.2 Å². The monoisotopic (exact) mass is 351 g/mol. The van der Waals surface area contributed by atoms with Crippen LogP contribution in [0.25, 0.3) is 11.3 Å². The van der Waals surface area contributed by atoms with Gasteiger partial charge in [-0.1, -0.05) is 23.5 Å². The summed E-state index contributed by atoms with van der Waals surface area (Å²) < 4.78 is 5.26. The van der Waals surface area contributed by atoms with Crippen LogP contribution in [-0.4, -0.2) is 23.2 Å². The van der Waals surface area contributed by atoms with Gasteiger partial charge in [0.05, 0.1) is 17.7 Å². The molecule has 1 aliphatic rings. The topological polar surface area (TPSA) is 77.6 Å². The van der Waals surface area contributed by atoms with Crippen molar-refractivity contribution >= 4 is 28.4 Å². The number of thiazole rings is 1. The Morgan fingerprint density at radius 2 is 2.20 bits per heavy atom. The summed E-state index contributed by atoms with van der Waals surface area (Å²) in [6, 6.07) is 12.4. The lowest BCUT2D eigenvalue weighted by molar-refractivity contribution is -0.384. The second-order valence-electron chi connectivity index (χ2n) is 5.58. The van der Waals surface area contributed by atoms with Crippen LogP contribution in [0, 0.1) is 10.1 Å². The van der Waals surface area contributed by atoms with E-state index in [2.05, 4.69) is 9.98 Å². The molecule has 124 valence electrons. The number of nitro groups is 1. The van der Waals surface area contributed by atoms with Crippen molar-refractivity contribution in [3.63, 3.8) is 0 Å². The summed E-state index contributed by atoms with van der Waals surface area (Å²) >= 11 is 1.54. The number of non-ortho nitro benzene ring substituents is 1. The van der Waals surface area contributed by atoms with Crippen LogP contribution in [0.3, 0.4) is 0 Å². The van der Waals surface area contributed by atoms with Crippen molar-refractivity contribution in [2.45, 2.75) is 6.42 Å². The van der Waals surface area contributed by atoms with Crippen LogP contribution in [0.15, 0.2) is 47.5 Å². The van der Waals surface area contributed by atoms with Crippen molar-refractivity contribution in [3.05, 3.63) is 68.6 Å². The normalized spacial score (nSPS) is 12.2. The van der Waals surface area contributed by atoms with Crippen molar-refractivity contribution < 1.29 is 9.66 Å². The van der Waals surface area contributed by atoms with Gasteiger partial charge in [-0.25, -0.2) is 9.98 Å². The molecule has 25 heavy (non-hydrogen) atoms. The fraction of sp³-hybridized carbons (Fsp3) is 0.111. The van der Waals surface area contributed by atoms with Crippen molar-refractivity contribution in [1.82, 2.24) is 4.98 Å². The average molecular weight is 351 g/mol. The third-order valence-electron chi connectivity index (χ3n) is 4.01. The van der Waals surface area contributed by atoms with Gasteiger partial charge in [-0.2, -0.15) is 0 Å². The number of aliphatic imine (C=N–C) groups is 1. The lowest BCUT2D eigenvalue weighted by Gasteiger charge is -2.03. The maximum absolute atomic E-state index is 10.8. The first-order chi connectivity index (χ1) is 12.1. The number of fused-ring (bicyclic) bond motifs is 3.